The molecule has 1 saturated heterocycles. The molecule has 0 saturated carbocycles. The molecule has 0 radical (unpaired) electrons. The number of methoxy groups -OCH3 is 1. The van der Waals surface area contributed by atoms with E-state index in [9.17, 15) is 4.79 Å². The van der Waals surface area contributed by atoms with E-state index in [0.29, 0.717) is 0 Å². The Kier molecular flexibility index (Phi) is 6.11. The highest BCUT2D eigenvalue weighted by Gasteiger charge is 2.19. The number of ether oxygens (including phenoxy) is 1. The SMILES string of the molecule is COC(=O)C1CCCNCC1.Cl. The third-order valence-corrected chi connectivity index (χ3v) is 2.11. The molecule has 0 amide bonds. The maximum atomic E-state index is 11.1. The quantitative estimate of drug-likeness (QED) is 0.631. The van der Waals surface area contributed by atoms with E-state index in [1.807, 2.05) is 0 Å². The van der Waals surface area contributed by atoms with Crippen LogP contribution in [0.5, 0.6) is 0 Å². The van der Waals surface area contributed by atoms with Gasteiger partial charge in [0.2, 0.25) is 0 Å². The highest BCUT2D eigenvalue weighted by Crippen LogP contribution is 2.14. The van der Waals surface area contributed by atoms with Crippen LogP contribution in [0.2, 0.25) is 0 Å². The van der Waals surface area contributed by atoms with Gasteiger partial charge in [0.05, 0.1) is 13.0 Å². The highest BCUT2D eigenvalue weighted by atomic mass is 35.5. The van der Waals surface area contributed by atoms with Crippen molar-refractivity contribution in [3.63, 3.8) is 0 Å². The summed E-state index contributed by atoms with van der Waals surface area (Å²) in [7, 11) is 1.46. The Labute approximate surface area is 79.3 Å². The summed E-state index contributed by atoms with van der Waals surface area (Å²) in [6, 6.07) is 0. The van der Waals surface area contributed by atoms with Gasteiger partial charge in [-0.1, -0.05) is 0 Å². The van der Waals surface area contributed by atoms with Crippen molar-refractivity contribution < 1.29 is 9.53 Å². The van der Waals surface area contributed by atoms with Gasteiger partial charge in [0.1, 0.15) is 0 Å². The van der Waals surface area contributed by atoms with Gasteiger partial charge in [-0.3, -0.25) is 4.79 Å². The van der Waals surface area contributed by atoms with E-state index in [-0.39, 0.29) is 24.3 Å². The van der Waals surface area contributed by atoms with E-state index in [1.54, 1.807) is 0 Å². The van der Waals surface area contributed by atoms with E-state index in [1.165, 1.54) is 7.11 Å². The molecule has 1 N–H and O–H groups in total. The maximum absolute atomic E-state index is 11.1. The lowest BCUT2D eigenvalue weighted by Gasteiger charge is -2.09. The van der Waals surface area contributed by atoms with Crippen LogP contribution in [0.25, 0.3) is 0 Å². The molecule has 1 aliphatic rings. The number of nitrogens with one attached hydrogen (secondary N) is 1. The van der Waals surface area contributed by atoms with E-state index in [4.69, 9.17) is 0 Å². The topological polar surface area (TPSA) is 38.3 Å². The Morgan fingerprint density at radius 3 is 2.83 bits per heavy atom. The minimum Gasteiger partial charge on any atom is -0.469 e. The molecule has 0 aromatic heterocycles. The number of carbonyl (C=O) groups excluding carboxylic acids is 1. The standard InChI is InChI=1S/C8H15NO2.ClH/c1-11-8(10)7-3-2-5-9-6-4-7;/h7,9H,2-6H2,1H3;1H. The van der Waals surface area contributed by atoms with Gasteiger partial charge >= 0.3 is 5.97 Å². The van der Waals surface area contributed by atoms with Crippen LogP contribution in [-0.2, 0) is 9.53 Å². The van der Waals surface area contributed by atoms with Crippen LogP contribution in [0.15, 0.2) is 0 Å². The predicted octanol–water partition coefficient (Wildman–Crippen LogP) is 0.971. The number of hydrogen-bond donors (Lipinski definition) is 1. The number of rotatable bonds is 1. The van der Waals surface area contributed by atoms with Crippen molar-refractivity contribution in [1.82, 2.24) is 5.32 Å². The van der Waals surface area contributed by atoms with Gasteiger partial charge in [-0.2, -0.15) is 0 Å². The Hall–Kier alpha value is -0.280. The Morgan fingerprint density at radius 1 is 1.42 bits per heavy atom. The van der Waals surface area contributed by atoms with E-state index < -0.39 is 0 Å². The van der Waals surface area contributed by atoms with Crippen molar-refractivity contribution in [3.8, 4) is 0 Å². The zero-order chi connectivity index (χ0) is 8.10. The third-order valence-electron chi connectivity index (χ3n) is 2.11. The van der Waals surface area contributed by atoms with Gasteiger partial charge in [0.15, 0.2) is 0 Å². The summed E-state index contributed by atoms with van der Waals surface area (Å²) in [6.07, 6.45) is 2.98. The second kappa shape index (κ2) is 6.26. The smallest absolute Gasteiger partial charge is 0.308 e. The summed E-state index contributed by atoms with van der Waals surface area (Å²) in [5, 5.41) is 3.25. The third kappa shape index (κ3) is 3.41. The molecular formula is C8H16ClNO2. The van der Waals surface area contributed by atoms with Crippen molar-refractivity contribution in [3.05, 3.63) is 0 Å². The number of carbonyl (C=O) groups is 1. The largest absolute Gasteiger partial charge is 0.469 e. The van der Waals surface area contributed by atoms with Gasteiger partial charge in [0, 0.05) is 0 Å². The van der Waals surface area contributed by atoms with Crippen molar-refractivity contribution in [2.24, 2.45) is 5.92 Å². The first-order chi connectivity index (χ1) is 5.34. The zero-order valence-corrected chi connectivity index (χ0v) is 8.15. The van der Waals surface area contributed by atoms with Crippen molar-refractivity contribution >= 4 is 18.4 Å². The monoisotopic (exact) mass is 193 g/mol. The Morgan fingerprint density at radius 2 is 2.17 bits per heavy atom. The minimum atomic E-state index is -0.0475. The fourth-order valence-electron chi connectivity index (χ4n) is 1.42. The molecule has 1 aliphatic heterocycles. The first kappa shape index (κ1) is 11.7. The number of hydrogen-bond acceptors (Lipinski definition) is 3. The fourth-order valence-corrected chi connectivity index (χ4v) is 1.42. The molecular weight excluding hydrogens is 178 g/mol. The van der Waals surface area contributed by atoms with E-state index in [0.717, 1.165) is 32.4 Å². The van der Waals surface area contributed by atoms with Crippen LogP contribution in [0.3, 0.4) is 0 Å². The predicted molar refractivity (Wildman–Crippen MR) is 49.5 cm³/mol. The summed E-state index contributed by atoms with van der Waals surface area (Å²) in [5.74, 6) is 0.0868. The molecule has 1 heterocycles. The second-order valence-electron chi connectivity index (χ2n) is 2.90. The molecule has 3 nitrogen and oxygen atoms in total. The molecule has 12 heavy (non-hydrogen) atoms. The van der Waals surface area contributed by atoms with Crippen molar-refractivity contribution in [2.75, 3.05) is 20.2 Å². The van der Waals surface area contributed by atoms with Crippen LogP contribution < -0.4 is 5.32 Å². The zero-order valence-electron chi connectivity index (χ0n) is 7.34. The van der Waals surface area contributed by atoms with Gasteiger partial charge < -0.3 is 10.1 Å². The molecule has 0 aliphatic carbocycles. The van der Waals surface area contributed by atoms with Crippen LogP contribution in [0.4, 0.5) is 0 Å². The normalized spacial score (nSPS) is 23.6. The maximum Gasteiger partial charge on any atom is 0.308 e. The number of esters is 1. The van der Waals surface area contributed by atoms with E-state index >= 15 is 0 Å². The van der Waals surface area contributed by atoms with E-state index in [2.05, 4.69) is 10.1 Å². The first-order valence-corrected chi connectivity index (χ1v) is 4.13. The van der Waals surface area contributed by atoms with Crippen molar-refractivity contribution in [2.45, 2.75) is 19.3 Å². The van der Waals surface area contributed by atoms with Crippen LogP contribution in [0, 0.1) is 5.92 Å². The van der Waals surface area contributed by atoms with Gasteiger partial charge in [-0.15, -0.1) is 12.4 Å². The Balaban J connectivity index is 0.00000121. The molecule has 1 atom stereocenters. The molecule has 0 bridgehead atoms. The highest BCUT2D eigenvalue weighted by molar-refractivity contribution is 5.85. The summed E-state index contributed by atoms with van der Waals surface area (Å²) >= 11 is 0. The van der Waals surface area contributed by atoms with Crippen molar-refractivity contribution in [1.29, 1.82) is 0 Å². The molecule has 72 valence electrons. The molecule has 0 aromatic carbocycles. The summed E-state index contributed by atoms with van der Waals surface area (Å²) in [4.78, 5) is 11.1. The Bertz CT molecular complexity index is 133. The molecule has 0 aromatic rings. The molecule has 4 heteroatoms. The average Bonchev–Trinajstić information content (AvgIpc) is 2.30. The lowest BCUT2D eigenvalue weighted by atomic mass is 10.0. The van der Waals surface area contributed by atoms with Crippen LogP contribution >= 0.6 is 12.4 Å². The lowest BCUT2D eigenvalue weighted by molar-refractivity contribution is -0.145. The summed E-state index contributed by atoms with van der Waals surface area (Å²) < 4.78 is 4.68. The number of halogens is 1. The average molecular weight is 194 g/mol. The molecule has 0 spiro atoms. The van der Waals surface area contributed by atoms with Crippen LogP contribution in [0.1, 0.15) is 19.3 Å². The molecule has 1 fully saturated rings. The lowest BCUT2D eigenvalue weighted by Crippen LogP contribution is -2.18. The van der Waals surface area contributed by atoms with Crippen LogP contribution in [-0.4, -0.2) is 26.2 Å². The first-order valence-electron chi connectivity index (χ1n) is 4.13. The molecule has 1 rings (SSSR count). The second-order valence-corrected chi connectivity index (χ2v) is 2.90. The molecule has 1 unspecified atom stereocenters. The minimum absolute atomic E-state index is 0. The van der Waals surface area contributed by atoms with Gasteiger partial charge in [-0.05, 0) is 32.4 Å². The summed E-state index contributed by atoms with van der Waals surface area (Å²) in [5.41, 5.74) is 0. The summed E-state index contributed by atoms with van der Waals surface area (Å²) in [6.45, 7) is 1.98. The fraction of sp³-hybridized carbons (Fsp3) is 0.875. The van der Waals surface area contributed by atoms with Gasteiger partial charge in [0.25, 0.3) is 0 Å². The van der Waals surface area contributed by atoms with Gasteiger partial charge in [-0.25, -0.2) is 0 Å².